The van der Waals surface area contributed by atoms with Crippen molar-refractivity contribution in [3.05, 3.63) is 71.8 Å². The quantitative estimate of drug-likeness (QED) is 0.671. The van der Waals surface area contributed by atoms with Crippen LogP contribution in [0.1, 0.15) is 44.9 Å². The number of esters is 1. The minimum Gasteiger partial charge on any atom is -0.464 e. The first kappa shape index (κ1) is 22.8. The molecule has 0 unspecified atom stereocenters. The fraction of sp³-hybridized carbons (Fsp3) is 0.440. The molecule has 1 atom stereocenters. The molecule has 2 aromatic carbocycles. The molecular weight excluding hydrogens is 392 g/mol. The van der Waals surface area contributed by atoms with E-state index < -0.39 is 5.60 Å². The van der Waals surface area contributed by atoms with Crippen LogP contribution in [-0.4, -0.2) is 59.7 Å². The number of hydrogen-bond donors (Lipinski definition) is 0. The highest BCUT2D eigenvalue weighted by molar-refractivity contribution is 5.68. The number of nitrogens with zero attached hydrogens (tertiary/aromatic N) is 2. The van der Waals surface area contributed by atoms with Gasteiger partial charge in [-0.25, -0.2) is 4.79 Å². The van der Waals surface area contributed by atoms with Crippen LogP contribution < -0.4 is 0 Å². The van der Waals surface area contributed by atoms with E-state index in [0.717, 1.165) is 11.1 Å². The second-order valence-electron chi connectivity index (χ2n) is 8.84. The van der Waals surface area contributed by atoms with Gasteiger partial charge in [-0.15, -0.1) is 0 Å². The third-order valence-electron chi connectivity index (χ3n) is 5.22. The summed E-state index contributed by atoms with van der Waals surface area (Å²) in [4.78, 5) is 28.3. The summed E-state index contributed by atoms with van der Waals surface area (Å²) in [7, 11) is 0. The molecule has 0 aliphatic carbocycles. The number of ether oxygens (including phenoxy) is 2. The van der Waals surface area contributed by atoms with Gasteiger partial charge in [0.15, 0.2) is 0 Å². The largest absolute Gasteiger partial charge is 0.464 e. The van der Waals surface area contributed by atoms with Gasteiger partial charge >= 0.3 is 12.1 Å². The second-order valence-corrected chi connectivity index (χ2v) is 8.84. The maximum Gasteiger partial charge on any atom is 0.410 e. The van der Waals surface area contributed by atoms with E-state index in [1.54, 1.807) is 4.90 Å². The third-order valence-corrected chi connectivity index (χ3v) is 5.22. The number of hydrogen-bond acceptors (Lipinski definition) is 5. The predicted octanol–water partition coefficient (Wildman–Crippen LogP) is 4.26. The molecular formula is C25H32N2O4. The highest BCUT2D eigenvalue weighted by Crippen LogP contribution is 2.32. The van der Waals surface area contributed by atoms with Crippen molar-refractivity contribution in [1.82, 2.24) is 9.80 Å². The molecule has 6 nitrogen and oxygen atoms in total. The minimum absolute atomic E-state index is 0.0104. The fourth-order valence-corrected chi connectivity index (χ4v) is 3.91. The van der Waals surface area contributed by atoms with Crippen molar-refractivity contribution in [2.24, 2.45) is 0 Å². The zero-order chi connectivity index (χ0) is 22.4. The van der Waals surface area contributed by atoms with E-state index in [4.69, 9.17) is 9.47 Å². The predicted molar refractivity (Wildman–Crippen MR) is 120 cm³/mol. The number of carbonyl (C=O) groups is 2. The van der Waals surface area contributed by atoms with Crippen molar-refractivity contribution in [1.29, 1.82) is 0 Å². The van der Waals surface area contributed by atoms with Crippen molar-refractivity contribution in [3.63, 3.8) is 0 Å². The second kappa shape index (κ2) is 9.96. The van der Waals surface area contributed by atoms with Crippen LogP contribution in [0.15, 0.2) is 60.7 Å². The third kappa shape index (κ3) is 6.31. The van der Waals surface area contributed by atoms with E-state index in [-0.39, 0.29) is 30.8 Å². The zero-order valence-corrected chi connectivity index (χ0v) is 18.8. The highest BCUT2D eigenvalue weighted by Gasteiger charge is 2.37. The Labute approximate surface area is 184 Å². The first-order valence-electron chi connectivity index (χ1n) is 10.7. The van der Waals surface area contributed by atoms with E-state index >= 15 is 0 Å². The molecule has 166 valence electrons. The van der Waals surface area contributed by atoms with Gasteiger partial charge in [0.2, 0.25) is 0 Å². The Kier molecular flexibility index (Phi) is 7.33. The van der Waals surface area contributed by atoms with Gasteiger partial charge in [0, 0.05) is 26.6 Å². The summed E-state index contributed by atoms with van der Waals surface area (Å²) in [5, 5.41) is 0. The van der Waals surface area contributed by atoms with E-state index in [1.165, 1.54) is 6.92 Å². The molecule has 1 heterocycles. The van der Waals surface area contributed by atoms with Crippen molar-refractivity contribution in [3.8, 4) is 0 Å². The molecule has 31 heavy (non-hydrogen) atoms. The Balaban J connectivity index is 1.90. The number of amides is 1. The summed E-state index contributed by atoms with van der Waals surface area (Å²) in [6, 6.07) is 20.4. The SMILES string of the molecule is CC(=O)OC[C@@H]1CN(C(=O)OC(C)(C)C)CCN1C(c1ccccc1)c1ccccc1. The van der Waals surface area contributed by atoms with Gasteiger partial charge in [-0.3, -0.25) is 9.69 Å². The highest BCUT2D eigenvalue weighted by atomic mass is 16.6. The van der Waals surface area contributed by atoms with Gasteiger partial charge in [0.05, 0.1) is 12.1 Å². The Bertz CT molecular complexity index is 825. The monoisotopic (exact) mass is 424 g/mol. The molecule has 0 saturated carbocycles. The van der Waals surface area contributed by atoms with Crippen LogP contribution in [-0.2, 0) is 14.3 Å². The van der Waals surface area contributed by atoms with Crippen LogP contribution in [0.2, 0.25) is 0 Å². The normalized spacial score (nSPS) is 17.5. The van der Waals surface area contributed by atoms with Crippen molar-refractivity contribution < 1.29 is 19.1 Å². The van der Waals surface area contributed by atoms with Crippen molar-refractivity contribution in [2.45, 2.75) is 45.4 Å². The molecule has 1 aliphatic rings. The van der Waals surface area contributed by atoms with Crippen molar-refractivity contribution in [2.75, 3.05) is 26.2 Å². The maximum absolute atomic E-state index is 12.7. The lowest BCUT2D eigenvalue weighted by molar-refractivity contribution is -0.143. The molecule has 0 spiro atoms. The molecule has 1 fully saturated rings. The molecule has 6 heteroatoms. The van der Waals surface area contributed by atoms with Gasteiger partial charge < -0.3 is 14.4 Å². The van der Waals surface area contributed by atoms with Crippen LogP contribution in [0, 0.1) is 0 Å². The average molecular weight is 425 g/mol. The van der Waals surface area contributed by atoms with Crippen LogP contribution in [0.5, 0.6) is 0 Å². The van der Waals surface area contributed by atoms with Gasteiger partial charge in [0.1, 0.15) is 12.2 Å². The minimum atomic E-state index is -0.559. The zero-order valence-electron chi connectivity index (χ0n) is 18.8. The Morgan fingerprint density at radius 1 is 0.968 bits per heavy atom. The van der Waals surface area contributed by atoms with E-state index in [1.807, 2.05) is 57.2 Å². The number of benzene rings is 2. The standard InChI is InChI=1S/C25H32N2O4/c1-19(28)30-18-22-17-26(24(29)31-25(2,3)4)15-16-27(22)23(20-11-7-5-8-12-20)21-13-9-6-10-14-21/h5-14,22-23H,15-18H2,1-4H3/t22-/m0/s1. The summed E-state index contributed by atoms with van der Waals surface area (Å²) in [6.45, 7) is 8.81. The number of rotatable bonds is 5. The lowest BCUT2D eigenvalue weighted by Crippen LogP contribution is -2.58. The Hall–Kier alpha value is -2.86. The van der Waals surface area contributed by atoms with Gasteiger partial charge in [-0.1, -0.05) is 60.7 Å². The molecule has 0 radical (unpaired) electrons. The lowest BCUT2D eigenvalue weighted by Gasteiger charge is -2.45. The first-order valence-corrected chi connectivity index (χ1v) is 10.7. The molecule has 3 rings (SSSR count). The number of piperazine rings is 1. The molecule has 1 saturated heterocycles. The molecule has 1 amide bonds. The summed E-state index contributed by atoms with van der Waals surface area (Å²) in [6.07, 6.45) is -0.337. The topological polar surface area (TPSA) is 59.1 Å². The first-order chi connectivity index (χ1) is 14.7. The van der Waals surface area contributed by atoms with Crippen LogP contribution >= 0.6 is 0 Å². The summed E-state index contributed by atoms with van der Waals surface area (Å²) < 4.78 is 11.0. The van der Waals surface area contributed by atoms with Crippen LogP contribution in [0.4, 0.5) is 4.79 Å². The van der Waals surface area contributed by atoms with E-state index in [9.17, 15) is 9.59 Å². The fourth-order valence-electron chi connectivity index (χ4n) is 3.91. The lowest BCUT2D eigenvalue weighted by atomic mass is 9.94. The van der Waals surface area contributed by atoms with Crippen molar-refractivity contribution >= 4 is 12.1 Å². The smallest absolute Gasteiger partial charge is 0.410 e. The molecule has 1 aliphatic heterocycles. The van der Waals surface area contributed by atoms with Gasteiger partial charge in [-0.2, -0.15) is 0 Å². The average Bonchev–Trinajstić information content (AvgIpc) is 2.73. The van der Waals surface area contributed by atoms with Gasteiger partial charge in [-0.05, 0) is 31.9 Å². The maximum atomic E-state index is 12.7. The summed E-state index contributed by atoms with van der Waals surface area (Å²) in [5.41, 5.74) is 1.76. The van der Waals surface area contributed by atoms with E-state index in [2.05, 4.69) is 29.2 Å². The molecule has 0 N–H and O–H groups in total. The van der Waals surface area contributed by atoms with Crippen LogP contribution in [0.3, 0.4) is 0 Å². The summed E-state index contributed by atoms with van der Waals surface area (Å²) >= 11 is 0. The molecule has 0 bridgehead atoms. The summed E-state index contributed by atoms with van der Waals surface area (Å²) in [5.74, 6) is -0.328. The number of carbonyl (C=O) groups excluding carboxylic acids is 2. The molecule has 0 aromatic heterocycles. The van der Waals surface area contributed by atoms with Gasteiger partial charge in [0.25, 0.3) is 0 Å². The van der Waals surface area contributed by atoms with Crippen LogP contribution in [0.25, 0.3) is 0 Å². The van der Waals surface area contributed by atoms with E-state index in [0.29, 0.717) is 19.6 Å². The Morgan fingerprint density at radius 3 is 2.00 bits per heavy atom. The Morgan fingerprint density at radius 2 is 1.52 bits per heavy atom. The molecule has 2 aromatic rings.